The quantitative estimate of drug-likeness (QED) is 0.520. The SMILES string of the molecule is CN=CC1CNCCOC1. The zero-order valence-electron chi connectivity index (χ0n) is 6.34. The van der Waals surface area contributed by atoms with E-state index in [1.54, 1.807) is 7.05 Å². The van der Waals surface area contributed by atoms with Gasteiger partial charge in [-0.1, -0.05) is 0 Å². The fourth-order valence-electron chi connectivity index (χ4n) is 1.03. The summed E-state index contributed by atoms with van der Waals surface area (Å²) >= 11 is 0. The van der Waals surface area contributed by atoms with E-state index in [1.807, 2.05) is 6.21 Å². The zero-order valence-corrected chi connectivity index (χ0v) is 6.34. The molecule has 1 unspecified atom stereocenters. The largest absolute Gasteiger partial charge is 0.379 e. The molecule has 1 fully saturated rings. The van der Waals surface area contributed by atoms with E-state index in [1.165, 1.54) is 0 Å². The molecule has 1 aliphatic heterocycles. The van der Waals surface area contributed by atoms with Gasteiger partial charge in [0.1, 0.15) is 0 Å². The van der Waals surface area contributed by atoms with E-state index in [2.05, 4.69) is 10.3 Å². The molecule has 0 spiro atoms. The van der Waals surface area contributed by atoms with Crippen LogP contribution in [0.5, 0.6) is 0 Å². The second-order valence-electron chi connectivity index (χ2n) is 2.45. The van der Waals surface area contributed by atoms with Gasteiger partial charge in [-0.15, -0.1) is 0 Å². The number of aliphatic imine (C=N–C) groups is 1. The van der Waals surface area contributed by atoms with Crippen LogP contribution in [0.25, 0.3) is 0 Å². The molecule has 1 aliphatic rings. The van der Waals surface area contributed by atoms with E-state index in [4.69, 9.17) is 4.74 Å². The summed E-state index contributed by atoms with van der Waals surface area (Å²) in [6, 6.07) is 0. The van der Waals surface area contributed by atoms with Crippen LogP contribution in [0.15, 0.2) is 4.99 Å². The summed E-state index contributed by atoms with van der Waals surface area (Å²) in [5, 5.41) is 3.27. The lowest BCUT2D eigenvalue weighted by Crippen LogP contribution is -2.23. The third-order valence-electron chi connectivity index (χ3n) is 1.52. The smallest absolute Gasteiger partial charge is 0.0591 e. The van der Waals surface area contributed by atoms with E-state index in [0.29, 0.717) is 5.92 Å². The lowest BCUT2D eigenvalue weighted by Gasteiger charge is -2.05. The molecule has 0 radical (unpaired) electrons. The Hall–Kier alpha value is -0.410. The zero-order chi connectivity index (χ0) is 7.23. The Morgan fingerprint density at radius 3 is 3.40 bits per heavy atom. The third-order valence-corrected chi connectivity index (χ3v) is 1.52. The molecule has 1 N–H and O–H groups in total. The number of nitrogens with zero attached hydrogens (tertiary/aromatic N) is 1. The van der Waals surface area contributed by atoms with Crippen molar-refractivity contribution in [3.63, 3.8) is 0 Å². The minimum atomic E-state index is 0.465. The predicted molar refractivity (Wildman–Crippen MR) is 41.6 cm³/mol. The fraction of sp³-hybridized carbons (Fsp3) is 0.857. The molecule has 0 aromatic rings. The van der Waals surface area contributed by atoms with Crippen LogP contribution in [0.3, 0.4) is 0 Å². The summed E-state index contributed by atoms with van der Waals surface area (Å²) in [6.45, 7) is 3.60. The van der Waals surface area contributed by atoms with Gasteiger partial charge in [-0.3, -0.25) is 0 Å². The Morgan fingerprint density at radius 2 is 2.60 bits per heavy atom. The summed E-state index contributed by atoms with van der Waals surface area (Å²) in [5.41, 5.74) is 0. The fourth-order valence-corrected chi connectivity index (χ4v) is 1.03. The van der Waals surface area contributed by atoms with Crippen molar-refractivity contribution >= 4 is 6.21 Å². The topological polar surface area (TPSA) is 33.6 Å². The second-order valence-corrected chi connectivity index (χ2v) is 2.45. The number of ether oxygens (including phenoxy) is 1. The Morgan fingerprint density at radius 1 is 1.70 bits per heavy atom. The molecule has 58 valence electrons. The number of hydrogen-bond acceptors (Lipinski definition) is 3. The molecule has 0 amide bonds. The Labute approximate surface area is 61.5 Å². The summed E-state index contributed by atoms with van der Waals surface area (Å²) in [7, 11) is 1.80. The first kappa shape index (κ1) is 7.69. The number of rotatable bonds is 1. The third kappa shape index (κ3) is 2.45. The van der Waals surface area contributed by atoms with Crippen LogP contribution in [0.2, 0.25) is 0 Å². The van der Waals surface area contributed by atoms with Crippen LogP contribution in [0.4, 0.5) is 0 Å². The molecule has 1 heterocycles. The maximum Gasteiger partial charge on any atom is 0.0591 e. The molecular weight excluding hydrogens is 128 g/mol. The van der Waals surface area contributed by atoms with Crippen molar-refractivity contribution in [1.29, 1.82) is 0 Å². The van der Waals surface area contributed by atoms with Gasteiger partial charge >= 0.3 is 0 Å². The lowest BCUT2D eigenvalue weighted by atomic mass is 10.2. The monoisotopic (exact) mass is 142 g/mol. The van der Waals surface area contributed by atoms with Gasteiger partial charge in [0.25, 0.3) is 0 Å². The van der Waals surface area contributed by atoms with Gasteiger partial charge in [0.2, 0.25) is 0 Å². The molecule has 0 aromatic carbocycles. The van der Waals surface area contributed by atoms with Crippen molar-refractivity contribution in [2.45, 2.75) is 0 Å². The van der Waals surface area contributed by atoms with Crippen LogP contribution >= 0.6 is 0 Å². The van der Waals surface area contributed by atoms with Gasteiger partial charge in [-0.05, 0) is 0 Å². The number of hydrogen-bond donors (Lipinski definition) is 1. The highest BCUT2D eigenvalue weighted by Gasteiger charge is 2.07. The van der Waals surface area contributed by atoms with Gasteiger partial charge in [0.05, 0.1) is 13.2 Å². The molecule has 0 aliphatic carbocycles. The first-order chi connectivity index (χ1) is 4.93. The Kier molecular flexibility index (Phi) is 3.40. The predicted octanol–water partition coefficient (Wildman–Crippen LogP) is -0.0770. The van der Waals surface area contributed by atoms with Crippen molar-refractivity contribution in [2.75, 3.05) is 33.4 Å². The van der Waals surface area contributed by atoms with Crippen molar-refractivity contribution in [3.05, 3.63) is 0 Å². The summed E-state index contributed by atoms with van der Waals surface area (Å²) in [6.07, 6.45) is 1.94. The molecule has 10 heavy (non-hydrogen) atoms. The van der Waals surface area contributed by atoms with Gasteiger partial charge in [-0.2, -0.15) is 0 Å². The van der Waals surface area contributed by atoms with Crippen molar-refractivity contribution in [1.82, 2.24) is 5.32 Å². The molecule has 1 atom stereocenters. The minimum Gasteiger partial charge on any atom is -0.379 e. The van der Waals surface area contributed by atoms with Gasteiger partial charge in [0.15, 0.2) is 0 Å². The summed E-state index contributed by atoms with van der Waals surface area (Å²) in [4.78, 5) is 3.96. The van der Waals surface area contributed by atoms with Crippen molar-refractivity contribution in [3.8, 4) is 0 Å². The Bertz CT molecular complexity index is 106. The van der Waals surface area contributed by atoms with Crippen LogP contribution in [-0.4, -0.2) is 39.6 Å². The highest BCUT2D eigenvalue weighted by molar-refractivity contribution is 5.60. The summed E-state index contributed by atoms with van der Waals surface area (Å²) < 4.78 is 5.31. The molecule has 0 aromatic heterocycles. The lowest BCUT2D eigenvalue weighted by molar-refractivity contribution is 0.140. The summed E-state index contributed by atoms with van der Waals surface area (Å²) in [5.74, 6) is 0.465. The molecule has 0 bridgehead atoms. The van der Waals surface area contributed by atoms with Gasteiger partial charge in [0, 0.05) is 32.3 Å². The second kappa shape index (κ2) is 4.41. The van der Waals surface area contributed by atoms with E-state index in [9.17, 15) is 0 Å². The number of nitrogens with one attached hydrogen (secondary N) is 1. The highest BCUT2D eigenvalue weighted by Crippen LogP contribution is 1.95. The molecule has 1 saturated heterocycles. The first-order valence-corrected chi connectivity index (χ1v) is 3.64. The molecule has 1 rings (SSSR count). The molecule has 3 heteroatoms. The first-order valence-electron chi connectivity index (χ1n) is 3.64. The van der Waals surface area contributed by atoms with Crippen LogP contribution in [0, 0.1) is 5.92 Å². The Balaban J connectivity index is 2.28. The normalized spacial score (nSPS) is 28.7. The van der Waals surface area contributed by atoms with E-state index >= 15 is 0 Å². The van der Waals surface area contributed by atoms with E-state index in [-0.39, 0.29) is 0 Å². The maximum atomic E-state index is 5.31. The van der Waals surface area contributed by atoms with E-state index in [0.717, 1.165) is 26.3 Å². The molecular formula is C7H14N2O. The average molecular weight is 142 g/mol. The molecule has 3 nitrogen and oxygen atoms in total. The molecule has 0 saturated carbocycles. The van der Waals surface area contributed by atoms with Crippen LogP contribution in [0.1, 0.15) is 0 Å². The van der Waals surface area contributed by atoms with Gasteiger partial charge in [-0.25, -0.2) is 0 Å². The average Bonchev–Trinajstić information content (AvgIpc) is 2.17. The van der Waals surface area contributed by atoms with Crippen LogP contribution in [-0.2, 0) is 4.74 Å². The van der Waals surface area contributed by atoms with E-state index < -0.39 is 0 Å². The van der Waals surface area contributed by atoms with Crippen LogP contribution < -0.4 is 5.32 Å². The maximum absolute atomic E-state index is 5.31. The van der Waals surface area contributed by atoms with Crippen molar-refractivity contribution in [2.24, 2.45) is 10.9 Å². The van der Waals surface area contributed by atoms with Crippen molar-refractivity contribution < 1.29 is 4.74 Å². The minimum absolute atomic E-state index is 0.465. The standard InChI is InChI=1S/C7H14N2O/c1-8-4-7-5-9-2-3-10-6-7/h4,7,9H,2-3,5-6H2,1H3. The highest BCUT2D eigenvalue weighted by atomic mass is 16.5. The van der Waals surface area contributed by atoms with Gasteiger partial charge < -0.3 is 15.0 Å².